The normalized spacial score (nSPS) is 22.1. The number of rotatable bonds is 7. The van der Waals surface area contributed by atoms with Crippen molar-refractivity contribution in [2.75, 3.05) is 52.3 Å². The molecule has 41 heavy (non-hydrogen) atoms. The third-order valence-corrected chi connectivity index (χ3v) is 9.69. The van der Waals surface area contributed by atoms with E-state index in [-0.39, 0.29) is 48.3 Å². The van der Waals surface area contributed by atoms with Crippen LogP contribution in [0.15, 0.2) is 27.6 Å². The van der Waals surface area contributed by atoms with Gasteiger partial charge in [-0.1, -0.05) is 12.1 Å². The molecule has 0 radical (unpaired) electrons. The number of anilines is 1. The number of likely N-dealkylation sites (N-methyl/N-ethyl adjacent to an activating group) is 1. The second-order valence-electron chi connectivity index (χ2n) is 11.3. The molecule has 0 unspecified atom stereocenters. The van der Waals surface area contributed by atoms with Gasteiger partial charge in [0.05, 0.1) is 30.4 Å². The van der Waals surface area contributed by atoms with Crippen LogP contribution in [0.3, 0.4) is 0 Å². The summed E-state index contributed by atoms with van der Waals surface area (Å²) in [6.07, 6.45) is 1.76. The van der Waals surface area contributed by atoms with Crippen LogP contribution in [-0.2, 0) is 14.8 Å². The number of aliphatic hydroxyl groups excluding tert-OH is 1. The number of sulfonamides is 1. The predicted octanol–water partition coefficient (Wildman–Crippen LogP) is 3.47. The van der Waals surface area contributed by atoms with Crippen molar-refractivity contribution in [3.8, 4) is 5.75 Å². The fourth-order valence-corrected chi connectivity index (χ4v) is 6.47. The smallest absolute Gasteiger partial charge is 0.258 e. The van der Waals surface area contributed by atoms with Crippen LogP contribution in [0.4, 0.5) is 5.69 Å². The van der Waals surface area contributed by atoms with Gasteiger partial charge in [0.1, 0.15) is 16.3 Å². The van der Waals surface area contributed by atoms with Crippen molar-refractivity contribution in [1.29, 1.82) is 0 Å². The van der Waals surface area contributed by atoms with E-state index in [9.17, 15) is 18.3 Å². The van der Waals surface area contributed by atoms with Gasteiger partial charge in [0.25, 0.3) is 5.91 Å². The van der Waals surface area contributed by atoms with Gasteiger partial charge in [-0.2, -0.15) is 4.31 Å². The minimum atomic E-state index is -3.89. The highest BCUT2D eigenvalue weighted by atomic mass is 32.2. The second kappa shape index (κ2) is 14.0. The number of hydrogen-bond acceptors (Lipinski definition) is 9. The molecule has 0 spiro atoms. The predicted molar refractivity (Wildman–Crippen MR) is 157 cm³/mol. The molecule has 1 aliphatic rings. The van der Waals surface area contributed by atoms with Gasteiger partial charge < -0.3 is 28.9 Å². The van der Waals surface area contributed by atoms with Crippen LogP contribution < -0.4 is 9.64 Å². The van der Waals surface area contributed by atoms with E-state index < -0.39 is 22.2 Å². The molecular weight excluding hydrogens is 548 g/mol. The highest BCUT2D eigenvalue weighted by molar-refractivity contribution is 7.89. The molecule has 1 aromatic carbocycles. The van der Waals surface area contributed by atoms with Crippen LogP contribution in [0.25, 0.3) is 0 Å². The topological polar surface area (TPSA) is 126 Å². The fraction of sp³-hybridized carbons (Fsp3) is 0.655. The maximum Gasteiger partial charge on any atom is 0.258 e. The second-order valence-corrected chi connectivity index (χ2v) is 13.3. The van der Waals surface area contributed by atoms with Gasteiger partial charge >= 0.3 is 0 Å². The molecule has 1 aliphatic heterocycles. The first kappa shape index (κ1) is 32.8. The molecule has 4 atom stereocenters. The summed E-state index contributed by atoms with van der Waals surface area (Å²) in [5.41, 5.74) is 1.57. The summed E-state index contributed by atoms with van der Waals surface area (Å²) in [6.45, 7) is 9.40. The highest BCUT2D eigenvalue weighted by Gasteiger charge is 2.34. The lowest BCUT2D eigenvalue weighted by atomic mass is 10.0. The van der Waals surface area contributed by atoms with Crippen molar-refractivity contribution in [3.63, 3.8) is 0 Å². The number of aromatic nitrogens is 1. The Balaban J connectivity index is 1.98. The van der Waals surface area contributed by atoms with Gasteiger partial charge in [-0.3, -0.25) is 4.79 Å². The Labute approximate surface area is 244 Å². The highest BCUT2D eigenvalue weighted by Crippen LogP contribution is 2.30. The van der Waals surface area contributed by atoms with Crippen LogP contribution in [-0.4, -0.2) is 99.5 Å². The van der Waals surface area contributed by atoms with Gasteiger partial charge in [0, 0.05) is 52.4 Å². The van der Waals surface area contributed by atoms with E-state index in [0.717, 1.165) is 24.9 Å². The Kier molecular flexibility index (Phi) is 11.2. The maximum atomic E-state index is 14.1. The van der Waals surface area contributed by atoms with Crippen LogP contribution in [0, 0.1) is 19.8 Å². The first-order valence-electron chi connectivity index (χ1n) is 14.2. The largest absolute Gasteiger partial charge is 0.490 e. The number of carbonyl (C=O) groups excluding carboxylic acids is 1. The zero-order valence-corrected chi connectivity index (χ0v) is 26.4. The van der Waals surface area contributed by atoms with Gasteiger partial charge in [0.15, 0.2) is 5.76 Å². The summed E-state index contributed by atoms with van der Waals surface area (Å²) in [4.78, 5) is 17.7. The molecule has 0 saturated heterocycles. The molecule has 0 saturated carbocycles. The molecular formula is C29H46N4O7S. The van der Waals surface area contributed by atoms with E-state index in [2.05, 4.69) is 5.16 Å². The molecule has 1 aromatic heterocycles. The molecule has 0 aliphatic carbocycles. The third-order valence-electron chi connectivity index (χ3n) is 7.62. The van der Waals surface area contributed by atoms with E-state index in [0.29, 0.717) is 23.6 Å². The Morgan fingerprint density at radius 1 is 1.17 bits per heavy atom. The lowest BCUT2D eigenvalue weighted by Crippen LogP contribution is -2.48. The Bertz CT molecular complexity index is 1260. The number of carbonyl (C=O) groups is 1. The van der Waals surface area contributed by atoms with Gasteiger partial charge in [-0.15, -0.1) is 0 Å². The van der Waals surface area contributed by atoms with E-state index in [4.69, 9.17) is 14.0 Å². The van der Waals surface area contributed by atoms with Gasteiger partial charge in [0.2, 0.25) is 10.0 Å². The Morgan fingerprint density at radius 2 is 1.88 bits per heavy atom. The van der Waals surface area contributed by atoms with E-state index in [1.54, 1.807) is 25.7 Å². The number of nitrogens with zero attached hydrogens (tertiary/aromatic N) is 4. The molecule has 2 heterocycles. The summed E-state index contributed by atoms with van der Waals surface area (Å²) >= 11 is 0. The minimum absolute atomic E-state index is 0.0570. The molecule has 230 valence electrons. The molecule has 2 aromatic rings. The van der Waals surface area contributed by atoms with E-state index in [1.165, 1.54) is 11.4 Å². The van der Waals surface area contributed by atoms with Crippen molar-refractivity contribution in [1.82, 2.24) is 14.4 Å². The van der Waals surface area contributed by atoms with Crippen molar-refractivity contribution < 1.29 is 32.3 Å². The molecule has 1 amide bonds. The minimum Gasteiger partial charge on any atom is -0.490 e. The fourth-order valence-electron chi connectivity index (χ4n) is 5.00. The molecule has 0 fully saturated rings. The number of ether oxygens (including phenoxy) is 2. The Morgan fingerprint density at radius 3 is 2.49 bits per heavy atom. The van der Waals surface area contributed by atoms with Crippen molar-refractivity contribution >= 4 is 21.6 Å². The molecule has 3 rings (SSSR count). The average molecular weight is 595 g/mol. The summed E-state index contributed by atoms with van der Waals surface area (Å²) < 4.78 is 45.8. The van der Waals surface area contributed by atoms with Crippen LogP contribution >= 0.6 is 0 Å². The van der Waals surface area contributed by atoms with Crippen molar-refractivity contribution in [2.24, 2.45) is 5.92 Å². The zero-order valence-electron chi connectivity index (χ0n) is 25.6. The first-order chi connectivity index (χ1) is 19.3. The Hall–Kier alpha value is -2.67. The quantitative estimate of drug-likeness (QED) is 0.513. The number of benzene rings is 1. The van der Waals surface area contributed by atoms with Crippen LogP contribution in [0.5, 0.6) is 5.75 Å². The first-order valence-corrected chi connectivity index (χ1v) is 15.6. The summed E-state index contributed by atoms with van der Waals surface area (Å²) in [7, 11) is 1.44. The molecule has 0 bridgehead atoms. The third kappa shape index (κ3) is 7.79. The number of aryl methyl sites for hydroxylation is 2. The summed E-state index contributed by atoms with van der Waals surface area (Å²) in [5, 5.41) is 13.9. The SMILES string of the molecule is Cc1noc(C)c1S(=O)(=O)N(C)C[C@@H]1OCCCC[C@@H](C)Oc2ccc(N(C)C)cc2C(=O)N([C@@H](C)CO)C[C@H]1C. The zero-order chi connectivity index (χ0) is 30.5. The molecule has 11 nitrogen and oxygen atoms in total. The number of hydrogen-bond donors (Lipinski definition) is 1. The van der Waals surface area contributed by atoms with Crippen LogP contribution in [0.2, 0.25) is 0 Å². The standard InChI is InChI=1S/C29H46N4O7S/c1-19-16-33(20(2)18-34)29(35)25-15-24(31(6)7)12-13-26(25)39-21(3)11-9-10-14-38-27(19)17-32(8)41(36,37)28-22(4)30-40-23(28)5/h12-13,15,19-21,27,34H,9-11,14,16-18H2,1-8H3/t19-,20+,21-,27+/m1/s1. The van der Waals surface area contributed by atoms with E-state index >= 15 is 0 Å². The number of aliphatic hydroxyl groups is 1. The lowest BCUT2D eigenvalue weighted by Gasteiger charge is -2.35. The van der Waals surface area contributed by atoms with Crippen molar-refractivity contribution in [3.05, 3.63) is 35.2 Å². The van der Waals surface area contributed by atoms with Crippen LogP contribution in [0.1, 0.15) is 61.8 Å². The van der Waals surface area contributed by atoms with E-state index in [1.807, 2.05) is 51.0 Å². The summed E-state index contributed by atoms with van der Waals surface area (Å²) in [6, 6.07) is 5.08. The van der Waals surface area contributed by atoms with Gasteiger partial charge in [-0.05, 0) is 65.2 Å². The average Bonchev–Trinajstić information content (AvgIpc) is 3.27. The monoisotopic (exact) mass is 594 g/mol. The number of fused-ring (bicyclic) bond motifs is 1. The van der Waals surface area contributed by atoms with Gasteiger partial charge in [-0.25, -0.2) is 8.42 Å². The molecule has 12 heteroatoms. The molecule has 1 N–H and O–H groups in total. The maximum absolute atomic E-state index is 14.1. The summed E-state index contributed by atoms with van der Waals surface area (Å²) in [5.74, 6) is 0.205. The van der Waals surface area contributed by atoms with Crippen molar-refractivity contribution in [2.45, 2.75) is 77.0 Å². The lowest BCUT2D eigenvalue weighted by molar-refractivity contribution is -0.00835. The number of amides is 1.